The lowest BCUT2D eigenvalue weighted by molar-refractivity contribution is -0.165. The summed E-state index contributed by atoms with van der Waals surface area (Å²) in [6.07, 6.45) is 3.63. The molecule has 17 heavy (non-hydrogen) atoms. The molecule has 100 valence electrons. The van der Waals surface area contributed by atoms with E-state index in [2.05, 4.69) is 20.8 Å². The molecule has 1 aliphatic rings. The summed E-state index contributed by atoms with van der Waals surface area (Å²) in [7, 11) is 0. The third kappa shape index (κ3) is 4.01. The van der Waals surface area contributed by atoms with Crippen molar-refractivity contribution in [1.82, 2.24) is 0 Å². The van der Waals surface area contributed by atoms with Crippen LogP contribution in [0.4, 0.5) is 0 Å². The highest BCUT2D eigenvalue weighted by atomic mass is 16.5. The average Bonchev–Trinajstić information content (AvgIpc) is 2.15. The van der Waals surface area contributed by atoms with Crippen LogP contribution in [0.15, 0.2) is 0 Å². The van der Waals surface area contributed by atoms with Gasteiger partial charge in [-0.15, -0.1) is 0 Å². The number of ether oxygens (including phenoxy) is 1. The van der Waals surface area contributed by atoms with Gasteiger partial charge in [0.05, 0.1) is 5.41 Å². The van der Waals surface area contributed by atoms with Crippen LogP contribution in [0.3, 0.4) is 0 Å². The standard InChI is InChI=1S/C15H28O2/c1-10(2)12-8-7-11(3)9-13(12)17-14(16)15(4,5)6/h10-13H,7-9H2,1-6H3. The first kappa shape index (κ1) is 14.5. The van der Waals surface area contributed by atoms with Crippen LogP contribution >= 0.6 is 0 Å². The minimum absolute atomic E-state index is 0.0535. The summed E-state index contributed by atoms with van der Waals surface area (Å²) in [5, 5.41) is 0. The number of carbonyl (C=O) groups is 1. The molecule has 1 rings (SSSR count). The zero-order valence-electron chi connectivity index (χ0n) is 12.2. The zero-order valence-corrected chi connectivity index (χ0v) is 12.2. The van der Waals surface area contributed by atoms with Crippen LogP contribution in [-0.4, -0.2) is 12.1 Å². The van der Waals surface area contributed by atoms with Gasteiger partial charge in [-0.3, -0.25) is 4.79 Å². The lowest BCUT2D eigenvalue weighted by Crippen LogP contribution is -2.38. The molecule has 0 bridgehead atoms. The molecule has 0 aromatic rings. The Morgan fingerprint density at radius 2 is 1.82 bits per heavy atom. The number of rotatable bonds is 2. The number of hydrogen-bond acceptors (Lipinski definition) is 2. The topological polar surface area (TPSA) is 26.3 Å². The van der Waals surface area contributed by atoms with Crippen LogP contribution in [0.2, 0.25) is 0 Å². The molecule has 0 aromatic heterocycles. The molecule has 0 heterocycles. The van der Waals surface area contributed by atoms with E-state index in [1.807, 2.05) is 20.8 Å². The largest absolute Gasteiger partial charge is 0.462 e. The smallest absolute Gasteiger partial charge is 0.311 e. The molecule has 0 saturated heterocycles. The van der Waals surface area contributed by atoms with Crippen molar-refractivity contribution in [2.45, 2.75) is 66.9 Å². The highest BCUT2D eigenvalue weighted by molar-refractivity contribution is 5.75. The molecule has 1 saturated carbocycles. The van der Waals surface area contributed by atoms with Gasteiger partial charge >= 0.3 is 5.97 Å². The van der Waals surface area contributed by atoms with E-state index in [-0.39, 0.29) is 17.5 Å². The first-order chi connectivity index (χ1) is 7.71. The number of hydrogen-bond donors (Lipinski definition) is 0. The Bertz CT molecular complexity index is 263. The maximum absolute atomic E-state index is 12.0. The monoisotopic (exact) mass is 240 g/mol. The van der Waals surface area contributed by atoms with Crippen LogP contribution in [0.25, 0.3) is 0 Å². The van der Waals surface area contributed by atoms with Crippen molar-refractivity contribution in [2.24, 2.45) is 23.2 Å². The van der Waals surface area contributed by atoms with Crippen LogP contribution in [0, 0.1) is 23.2 Å². The average molecular weight is 240 g/mol. The Balaban J connectivity index is 2.67. The van der Waals surface area contributed by atoms with Gasteiger partial charge in [0.25, 0.3) is 0 Å². The van der Waals surface area contributed by atoms with Crippen molar-refractivity contribution >= 4 is 5.97 Å². The summed E-state index contributed by atoms with van der Waals surface area (Å²) in [5.41, 5.74) is -0.387. The van der Waals surface area contributed by atoms with Gasteiger partial charge in [-0.2, -0.15) is 0 Å². The van der Waals surface area contributed by atoms with E-state index >= 15 is 0 Å². The van der Waals surface area contributed by atoms with Crippen molar-refractivity contribution in [2.75, 3.05) is 0 Å². The van der Waals surface area contributed by atoms with Crippen LogP contribution in [-0.2, 0) is 9.53 Å². The van der Waals surface area contributed by atoms with Gasteiger partial charge in [0.1, 0.15) is 6.10 Å². The molecule has 2 nitrogen and oxygen atoms in total. The number of carbonyl (C=O) groups excluding carboxylic acids is 1. The predicted molar refractivity (Wildman–Crippen MR) is 70.7 cm³/mol. The molecule has 0 spiro atoms. The van der Waals surface area contributed by atoms with E-state index in [0.717, 1.165) is 6.42 Å². The maximum atomic E-state index is 12.0. The van der Waals surface area contributed by atoms with Gasteiger partial charge in [-0.05, 0) is 51.4 Å². The third-order valence-electron chi connectivity index (χ3n) is 3.83. The minimum atomic E-state index is -0.387. The molecule has 1 aliphatic carbocycles. The molecule has 3 atom stereocenters. The van der Waals surface area contributed by atoms with Gasteiger partial charge in [0.2, 0.25) is 0 Å². The Morgan fingerprint density at radius 1 is 1.24 bits per heavy atom. The molecular formula is C15H28O2. The Kier molecular flexibility index (Phi) is 4.62. The van der Waals surface area contributed by atoms with Crippen LogP contribution in [0.5, 0.6) is 0 Å². The molecule has 3 unspecified atom stereocenters. The van der Waals surface area contributed by atoms with Gasteiger partial charge in [0.15, 0.2) is 0 Å². The fourth-order valence-electron chi connectivity index (χ4n) is 2.56. The van der Waals surface area contributed by atoms with E-state index in [1.54, 1.807) is 0 Å². The fraction of sp³-hybridized carbons (Fsp3) is 0.933. The SMILES string of the molecule is CC1CCC(C(C)C)C(OC(=O)C(C)(C)C)C1. The maximum Gasteiger partial charge on any atom is 0.311 e. The molecule has 0 radical (unpaired) electrons. The van der Waals surface area contributed by atoms with E-state index in [0.29, 0.717) is 17.8 Å². The van der Waals surface area contributed by atoms with E-state index in [4.69, 9.17) is 4.74 Å². The second kappa shape index (κ2) is 5.41. The van der Waals surface area contributed by atoms with Crippen LogP contribution in [0.1, 0.15) is 60.8 Å². The zero-order chi connectivity index (χ0) is 13.2. The van der Waals surface area contributed by atoms with Crippen molar-refractivity contribution in [3.05, 3.63) is 0 Å². The fourth-order valence-corrected chi connectivity index (χ4v) is 2.56. The molecule has 0 aromatic carbocycles. The Hall–Kier alpha value is -0.530. The summed E-state index contributed by atoms with van der Waals surface area (Å²) < 4.78 is 5.76. The van der Waals surface area contributed by atoms with Gasteiger partial charge < -0.3 is 4.74 Å². The molecule has 0 N–H and O–H groups in total. The highest BCUT2D eigenvalue weighted by Gasteiger charge is 2.35. The Morgan fingerprint density at radius 3 is 2.29 bits per heavy atom. The molecule has 2 heteroatoms. The normalized spacial score (nSPS) is 30.4. The van der Waals surface area contributed by atoms with Crippen molar-refractivity contribution in [3.8, 4) is 0 Å². The highest BCUT2D eigenvalue weighted by Crippen LogP contribution is 2.36. The molecular weight excluding hydrogens is 212 g/mol. The molecule has 0 aliphatic heterocycles. The second-order valence-electron chi connectivity index (χ2n) is 7.02. The predicted octanol–water partition coefficient (Wildman–Crippen LogP) is 4.04. The summed E-state index contributed by atoms with van der Waals surface area (Å²) >= 11 is 0. The summed E-state index contributed by atoms with van der Waals surface area (Å²) in [6.45, 7) is 12.5. The third-order valence-corrected chi connectivity index (χ3v) is 3.83. The first-order valence-corrected chi connectivity index (χ1v) is 6.93. The van der Waals surface area contributed by atoms with E-state index in [1.165, 1.54) is 12.8 Å². The second-order valence-corrected chi connectivity index (χ2v) is 7.02. The van der Waals surface area contributed by atoms with Gasteiger partial charge in [-0.1, -0.05) is 27.2 Å². The quantitative estimate of drug-likeness (QED) is 0.681. The van der Waals surface area contributed by atoms with Crippen LogP contribution < -0.4 is 0 Å². The van der Waals surface area contributed by atoms with Crippen molar-refractivity contribution < 1.29 is 9.53 Å². The number of esters is 1. The first-order valence-electron chi connectivity index (χ1n) is 6.93. The molecule has 0 amide bonds. The summed E-state index contributed by atoms with van der Waals surface area (Å²) in [4.78, 5) is 12.0. The minimum Gasteiger partial charge on any atom is -0.462 e. The lowest BCUT2D eigenvalue weighted by atomic mass is 9.75. The summed E-state index contributed by atoms with van der Waals surface area (Å²) in [6, 6.07) is 0. The van der Waals surface area contributed by atoms with Gasteiger partial charge in [0, 0.05) is 0 Å². The van der Waals surface area contributed by atoms with Crippen molar-refractivity contribution in [3.63, 3.8) is 0 Å². The van der Waals surface area contributed by atoms with Gasteiger partial charge in [-0.25, -0.2) is 0 Å². The molecule has 1 fully saturated rings. The van der Waals surface area contributed by atoms with E-state index < -0.39 is 0 Å². The lowest BCUT2D eigenvalue weighted by Gasteiger charge is -2.37. The summed E-state index contributed by atoms with van der Waals surface area (Å²) in [5.74, 6) is 1.77. The van der Waals surface area contributed by atoms with Crippen molar-refractivity contribution in [1.29, 1.82) is 0 Å². The van der Waals surface area contributed by atoms with E-state index in [9.17, 15) is 4.79 Å². The Labute approximate surface area is 106 Å².